The summed E-state index contributed by atoms with van der Waals surface area (Å²) in [5.41, 5.74) is 0.788. The van der Waals surface area contributed by atoms with Gasteiger partial charge in [0.25, 0.3) is 9.05 Å². The van der Waals surface area contributed by atoms with Crippen LogP contribution in [0.5, 0.6) is 0 Å². The first-order valence-corrected chi connectivity index (χ1v) is 9.35. The van der Waals surface area contributed by atoms with Gasteiger partial charge in [0.15, 0.2) is 0 Å². The van der Waals surface area contributed by atoms with E-state index in [1.165, 1.54) is 6.07 Å². The van der Waals surface area contributed by atoms with Gasteiger partial charge in [0, 0.05) is 10.7 Å². The minimum atomic E-state index is -3.88. The number of hydrogen-bond acceptors (Lipinski definition) is 4. The van der Waals surface area contributed by atoms with Crippen LogP contribution in [0.25, 0.3) is 0 Å². The molecule has 0 bridgehead atoms. The fraction of sp³-hybridized carbons (Fsp3) is 0.533. The number of carbonyl (C=O) groups is 1. The van der Waals surface area contributed by atoms with Crippen molar-refractivity contribution >= 4 is 25.7 Å². The molecule has 21 heavy (non-hydrogen) atoms. The van der Waals surface area contributed by atoms with E-state index in [-0.39, 0.29) is 16.4 Å². The molecular weight excluding hydrogens is 312 g/mol. The van der Waals surface area contributed by atoms with Gasteiger partial charge in [-0.25, -0.2) is 13.2 Å². The summed E-state index contributed by atoms with van der Waals surface area (Å²) in [6.45, 7) is 6.22. The standard InChI is InChI=1S/C15H21ClO4S/c1-4-6-11(3)10-20-15(17)13-8-7-12(5-2)14(9-13)21(16,18)19/h7-9,11H,4-6,10H2,1-3H3. The number of rotatable bonds is 7. The molecule has 1 unspecified atom stereocenters. The zero-order valence-electron chi connectivity index (χ0n) is 12.6. The smallest absolute Gasteiger partial charge is 0.338 e. The number of aryl methyl sites for hydroxylation is 1. The van der Waals surface area contributed by atoms with E-state index < -0.39 is 15.0 Å². The van der Waals surface area contributed by atoms with Crippen LogP contribution in [0, 0.1) is 5.92 Å². The van der Waals surface area contributed by atoms with E-state index in [9.17, 15) is 13.2 Å². The molecule has 1 rings (SSSR count). The van der Waals surface area contributed by atoms with Crippen molar-refractivity contribution in [2.45, 2.75) is 44.9 Å². The summed E-state index contributed by atoms with van der Waals surface area (Å²) in [5, 5.41) is 0. The monoisotopic (exact) mass is 332 g/mol. The largest absolute Gasteiger partial charge is 0.462 e. The lowest BCUT2D eigenvalue weighted by molar-refractivity contribution is 0.0443. The minimum Gasteiger partial charge on any atom is -0.462 e. The fourth-order valence-corrected chi connectivity index (χ4v) is 3.30. The van der Waals surface area contributed by atoms with E-state index in [0.29, 0.717) is 18.6 Å². The lowest BCUT2D eigenvalue weighted by Gasteiger charge is -2.12. The van der Waals surface area contributed by atoms with E-state index in [4.69, 9.17) is 15.4 Å². The molecule has 6 heteroatoms. The van der Waals surface area contributed by atoms with Crippen LogP contribution in [-0.4, -0.2) is 21.0 Å². The predicted octanol–water partition coefficient (Wildman–Crippen LogP) is 3.77. The Morgan fingerprint density at radius 1 is 1.33 bits per heavy atom. The second kappa shape index (κ2) is 7.80. The Morgan fingerprint density at radius 3 is 2.52 bits per heavy atom. The van der Waals surface area contributed by atoms with Crippen LogP contribution < -0.4 is 0 Å². The van der Waals surface area contributed by atoms with E-state index in [1.54, 1.807) is 12.1 Å². The zero-order chi connectivity index (χ0) is 16.0. The molecule has 0 fully saturated rings. The number of carbonyl (C=O) groups excluding carboxylic acids is 1. The van der Waals surface area contributed by atoms with Crippen molar-refractivity contribution in [1.82, 2.24) is 0 Å². The average molecular weight is 333 g/mol. The maximum Gasteiger partial charge on any atom is 0.338 e. The highest BCUT2D eigenvalue weighted by molar-refractivity contribution is 8.13. The highest BCUT2D eigenvalue weighted by Crippen LogP contribution is 2.23. The van der Waals surface area contributed by atoms with Crippen molar-refractivity contribution in [3.05, 3.63) is 29.3 Å². The molecule has 0 heterocycles. The van der Waals surface area contributed by atoms with Crippen molar-refractivity contribution < 1.29 is 17.9 Å². The maximum atomic E-state index is 12.0. The lowest BCUT2D eigenvalue weighted by Crippen LogP contribution is -2.13. The fourth-order valence-electron chi connectivity index (χ4n) is 2.08. The summed E-state index contributed by atoms with van der Waals surface area (Å²) in [5.74, 6) is -0.243. The Bertz CT molecular complexity index is 596. The lowest BCUT2D eigenvalue weighted by atomic mass is 10.1. The van der Waals surface area contributed by atoms with Crippen LogP contribution in [0.4, 0.5) is 0 Å². The number of hydrogen-bond donors (Lipinski definition) is 0. The van der Waals surface area contributed by atoms with Gasteiger partial charge in [-0.15, -0.1) is 0 Å². The molecule has 0 aliphatic heterocycles. The quantitative estimate of drug-likeness (QED) is 0.563. The topological polar surface area (TPSA) is 60.4 Å². The maximum absolute atomic E-state index is 12.0. The molecule has 0 radical (unpaired) electrons. The van der Waals surface area contributed by atoms with Gasteiger partial charge in [0.1, 0.15) is 0 Å². The molecule has 0 aliphatic carbocycles. The van der Waals surface area contributed by atoms with Crippen molar-refractivity contribution in [2.75, 3.05) is 6.61 Å². The molecule has 0 amide bonds. The Hall–Kier alpha value is -1.07. The first-order chi connectivity index (χ1) is 9.79. The Morgan fingerprint density at radius 2 is 2.00 bits per heavy atom. The number of ether oxygens (including phenoxy) is 1. The zero-order valence-corrected chi connectivity index (χ0v) is 14.1. The predicted molar refractivity (Wildman–Crippen MR) is 83.2 cm³/mol. The molecule has 0 N–H and O–H groups in total. The van der Waals surface area contributed by atoms with Gasteiger partial charge in [0.2, 0.25) is 0 Å². The van der Waals surface area contributed by atoms with Gasteiger partial charge in [-0.2, -0.15) is 0 Å². The van der Waals surface area contributed by atoms with Gasteiger partial charge in [0.05, 0.1) is 17.1 Å². The Labute approximate surface area is 130 Å². The third kappa shape index (κ3) is 5.32. The normalized spacial score (nSPS) is 13.0. The summed E-state index contributed by atoms with van der Waals surface area (Å²) in [7, 11) is 1.53. The third-order valence-electron chi connectivity index (χ3n) is 3.23. The van der Waals surface area contributed by atoms with E-state index in [2.05, 4.69) is 6.92 Å². The van der Waals surface area contributed by atoms with E-state index in [1.807, 2.05) is 13.8 Å². The van der Waals surface area contributed by atoms with Gasteiger partial charge < -0.3 is 4.74 Å². The third-order valence-corrected chi connectivity index (χ3v) is 4.63. The molecule has 0 spiro atoms. The van der Waals surface area contributed by atoms with Crippen LogP contribution in [0.1, 0.15) is 49.5 Å². The van der Waals surface area contributed by atoms with Gasteiger partial charge in [-0.05, 0) is 36.5 Å². The van der Waals surface area contributed by atoms with Crippen LogP contribution in [0.15, 0.2) is 23.1 Å². The second-order valence-electron chi connectivity index (χ2n) is 5.11. The number of benzene rings is 1. The highest BCUT2D eigenvalue weighted by Gasteiger charge is 2.18. The molecule has 0 aromatic heterocycles. The Balaban J connectivity index is 2.91. The van der Waals surface area contributed by atoms with Crippen LogP contribution in [0.2, 0.25) is 0 Å². The van der Waals surface area contributed by atoms with Crippen molar-refractivity contribution in [3.63, 3.8) is 0 Å². The Kier molecular flexibility index (Phi) is 6.68. The summed E-state index contributed by atoms with van der Waals surface area (Å²) >= 11 is 0. The molecule has 1 aromatic rings. The first-order valence-electron chi connectivity index (χ1n) is 7.04. The van der Waals surface area contributed by atoms with Crippen LogP contribution in [-0.2, 0) is 20.2 Å². The SMILES string of the molecule is CCCC(C)COC(=O)c1ccc(CC)c(S(=O)(=O)Cl)c1. The number of halogens is 1. The van der Waals surface area contributed by atoms with Crippen molar-refractivity contribution in [1.29, 1.82) is 0 Å². The van der Waals surface area contributed by atoms with E-state index in [0.717, 1.165) is 12.8 Å². The summed E-state index contributed by atoms with van der Waals surface area (Å²) in [6, 6.07) is 4.45. The summed E-state index contributed by atoms with van der Waals surface area (Å²) < 4.78 is 28.3. The first kappa shape index (κ1) is 18.0. The molecule has 0 saturated heterocycles. The number of esters is 1. The summed E-state index contributed by atoms with van der Waals surface area (Å²) in [6.07, 6.45) is 2.52. The molecule has 118 valence electrons. The van der Waals surface area contributed by atoms with Crippen molar-refractivity contribution in [2.24, 2.45) is 5.92 Å². The highest BCUT2D eigenvalue weighted by atomic mass is 35.7. The molecule has 1 aromatic carbocycles. The van der Waals surface area contributed by atoms with Crippen LogP contribution >= 0.6 is 10.7 Å². The molecule has 0 saturated carbocycles. The van der Waals surface area contributed by atoms with Gasteiger partial charge in [-0.3, -0.25) is 0 Å². The van der Waals surface area contributed by atoms with Gasteiger partial charge in [-0.1, -0.05) is 33.3 Å². The second-order valence-corrected chi connectivity index (χ2v) is 7.64. The van der Waals surface area contributed by atoms with Crippen LogP contribution in [0.3, 0.4) is 0 Å². The van der Waals surface area contributed by atoms with E-state index >= 15 is 0 Å². The molecule has 4 nitrogen and oxygen atoms in total. The minimum absolute atomic E-state index is 0.0253. The average Bonchev–Trinajstić information content (AvgIpc) is 2.43. The van der Waals surface area contributed by atoms with Crippen molar-refractivity contribution in [3.8, 4) is 0 Å². The molecule has 0 aliphatic rings. The molecular formula is C15H21ClO4S. The summed E-state index contributed by atoms with van der Waals surface area (Å²) in [4.78, 5) is 11.9. The van der Waals surface area contributed by atoms with Gasteiger partial charge >= 0.3 is 5.97 Å². The molecule has 1 atom stereocenters.